The van der Waals surface area contributed by atoms with Gasteiger partial charge in [0.15, 0.2) is 0 Å². The van der Waals surface area contributed by atoms with Gasteiger partial charge in [0.2, 0.25) is 5.91 Å². The van der Waals surface area contributed by atoms with Crippen molar-refractivity contribution >= 4 is 29.2 Å². The molecule has 16 heavy (non-hydrogen) atoms. The first-order valence-electron chi connectivity index (χ1n) is 4.50. The maximum Gasteiger partial charge on any atom is 0.325 e. The van der Waals surface area contributed by atoms with Gasteiger partial charge < -0.3 is 16.2 Å². The SMILES string of the molecule is CC(Nc1cc(C(N)=O)ccc1Cl)C(=O)O. The van der Waals surface area contributed by atoms with Crippen molar-refractivity contribution < 1.29 is 14.7 Å². The van der Waals surface area contributed by atoms with Gasteiger partial charge in [-0.2, -0.15) is 0 Å². The number of primary amides is 1. The van der Waals surface area contributed by atoms with Crippen LogP contribution in [-0.2, 0) is 4.79 Å². The van der Waals surface area contributed by atoms with E-state index in [1.165, 1.54) is 25.1 Å². The molecule has 4 N–H and O–H groups in total. The van der Waals surface area contributed by atoms with Crippen molar-refractivity contribution in [1.29, 1.82) is 0 Å². The van der Waals surface area contributed by atoms with Gasteiger partial charge in [-0.15, -0.1) is 0 Å². The van der Waals surface area contributed by atoms with Crippen molar-refractivity contribution in [2.75, 3.05) is 5.32 Å². The van der Waals surface area contributed by atoms with Crippen molar-refractivity contribution in [1.82, 2.24) is 0 Å². The molecule has 0 spiro atoms. The smallest absolute Gasteiger partial charge is 0.325 e. The first-order valence-corrected chi connectivity index (χ1v) is 4.88. The molecule has 0 saturated carbocycles. The number of amides is 1. The molecular weight excluding hydrogens is 232 g/mol. The Morgan fingerprint density at radius 2 is 2.12 bits per heavy atom. The van der Waals surface area contributed by atoms with Crippen LogP contribution in [0.1, 0.15) is 17.3 Å². The fraction of sp³-hybridized carbons (Fsp3) is 0.200. The van der Waals surface area contributed by atoms with Crippen LogP contribution in [0.4, 0.5) is 5.69 Å². The summed E-state index contributed by atoms with van der Waals surface area (Å²) in [7, 11) is 0. The summed E-state index contributed by atoms with van der Waals surface area (Å²) in [5, 5.41) is 11.7. The van der Waals surface area contributed by atoms with Crippen molar-refractivity contribution in [2.45, 2.75) is 13.0 Å². The third kappa shape index (κ3) is 2.87. The number of hydrogen-bond acceptors (Lipinski definition) is 3. The number of hydrogen-bond donors (Lipinski definition) is 3. The molecule has 1 unspecified atom stereocenters. The Labute approximate surface area is 97.2 Å². The number of carbonyl (C=O) groups excluding carboxylic acids is 1. The molecule has 1 aromatic carbocycles. The molecule has 1 amide bonds. The number of carboxylic acids is 1. The Morgan fingerprint density at radius 1 is 1.50 bits per heavy atom. The van der Waals surface area contributed by atoms with Crippen LogP contribution in [0.3, 0.4) is 0 Å². The zero-order valence-electron chi connectivity index (χ0n) is 8.53. The van der Waals surface area contributed by atoms with E-state index in [0.29, 0.717) is 10.7 Å². The van der Waals surface area contributed by atoms with Gasteiger partial charge in [-0.1, -0.05) is 11.6 Å². The Morgan fingerprint density at radius 3 is 2.62 bits per heavy atom. The fourth-order valence-corrected chi connectivity index (χ4v) is 1.26. The highest BCUT2D eigenvalue weighted by atomic mass is 35.5. The number of nitrogens with two attached hydrogens (primary N) is 1. The maximum absolute atomic E-state index is 10.9. The average molecular weight is 243 g/mol. The van der Waals surface area contributed by atoms with E-state index in [0.717, 1.165) is 0 Å². The molecule has 86 valence electrons. The summed E-state index contributed by atoms with van der Waals surface area (Å²) in [6.45, 7) is 1.47. The van der Waals surface area contributed by atoms with Gasteiger partial charge in [0.25, 0.3) is 0 Å². The predicted molar refractivity (Wildman–Crippen MR) is 60.7 cm³/mol. The van der Waals surface area contributed by atoms with Crippen LogP contribution in [0.25, 0.3) is 0 Å². The molecule has 0 aliphatic rings. The van der Waals surface area contributed by atoms with E-state index in [4.69, 9.17) is 22.4 Å². The topological polar surface area (TPSA) is 92.4 Å². The summed E-state index contributed by atoms with van der Waals surface area (Å²) >= 11 is 5.84. The molecule has 1 atom stereocenters. The summed E-state index contributed by atoms with van der Waals surface area (Å²) in [5.74, 6) is -1.61. The van der Waals surface area contributed by atoms with Crippen LogP contribution in [0.15, 0.2) is 18.2 Å². The Kier molecular flexibility index (Phi) is 3.73. The quantitative estimate of drug-likeness (QED) is 0.743. The van der Waals surface area contributed by atoms with Crippen LogP contribution in [0.5, 0.6) is 0 Å². The second-order valence-corrected chi connectivity index (χ2v) is 3.67. The van der Waals surface area contributed by atoms with E-state index >= 15 is 0 Å². The molecule has 0 aliphatic heterocycles. The van der Waals surface area contributed by atoms with E-state index in [1.54, 1.807) is 0 Å². The van der Waals surface area contributed by atoms with E-state index in [2.05, 4.69) is 5.32 Å². The zero-order chi connectivity index (χ0) is 12.3. The minimum absolute atomic E-state index is 0.268. The van der Waals surface area contributed by atoms with Crippen LogP contribution >= 0.6 is 11.6 Å². The molecule has 1 rings (SSSR count). The Balaban J connectivity index is 2.98. The Hall–Kier alpha value is -1.75. The lowest BCUT2D eigenvalue weighted by Crippen LogP contribution is -2.25. The highest BCUT2D eigenvalue weighted by molar-refractivity contribution is 6.33. The second-order valence-electron chi connectivity index (χ2n) is 3.26. The van der Waals surface area contributed by atoms with E-state index < -0.39 is 17.9 Å². The van der Waals surface area contributed by atoms with Gasteiger partial charge in [0.1, 0.15) is 6.04 Å². The minimum atomic E-state index is -1.01. The van der Waals surface area contributed by atoms with Crippen LogP contribution < -0.4 is 11.1 Å². The number of carbonyl (C=O) groups is 2. The summed E-state index contributed by atoms with van der Waals surface area (Å²) < 4.78 is 0. The molecule has 0 aromatic heterocycles. The monoisotopic (exact) mass is 242 g/mol. The summed E-state index contributed by atoms with van der Waals surface area (Å²) in [5.41, 5.74) is 5.73. The number of carboxylic acid groups (broad SMARTS) is 1. The van der Waals surface area contributed by atoms with Gasteiger partial charge in [0.05, 0.1) is 10.7 Å². The number of halogens is 1. The second kappa shape index (κ2) is 4.85. The number of aliphatic carboxylic acids is 1. The lowest BCUT2D eigenvalue weighted by molar-refractivity contribution is -0.137. The normalized spacial score (nSPS) is 11.9. The van der Waals surface area contributed by atoms with E-state index in [1.807, 2.05) is 0 Å². The standard InChI is InChI=1S/C10H11ClN2O3/c1-5(10(15)16)13-8-4-6(9(12)14)2-3-7(8)11/h2-5,13H,1H3,(H2,12,14)(H,15,16). The highest BCUT2D eigenvalue weighted by Gasteiger charge is 2.13. The number of benzene rings is 1. The lowest BCUT2D eigenvalue weighted by Gasteiger charge is -2.12. The molecule has 0 fully saturated rings. The molecule has 0 heterocycles. The van der Waals surface area contributed by atoms with Crippen molar-refractivity contribution in [2.24, 2.45) is 5.73 Å². The minimum Gasteiger partial charge on any atom is -0.480 e. The van der Waals surface area contributed by atoms with Gasteiger partial charge in [-0.3, -0.25) is 9.59 Å². The molecule has 1 aromatic rings. The molecule has 0 radical (unpaired) electrons. The number of anilines is 1. The summed E-state index contributed by atoms with van der Waals surface area (Å²) in [6, 6.07) is 3.57. The van der Waals surface area contributed by atoms with E-state index in [-0.39, 0.29) is 5.56 Å². The van der Waals surface area contributed by atoms with Crippen LogP contribution in [0, 0.1) is 0 Å². The lowest BCUT2D eigenvalue weighted by atomic mass is 10.2. The fourth-order valence-electron chi connectivity index (χ4n) is 1.08. The summed E-state index contributed by atoms with van der Waals surface area (Å²) in [6.07, 6.45) is 0. The summed E-state index contributed by atoms with van der Waals surface area (Å²) in [4.78, 5) is 21.6. The number of nitrogens with one attached hydrogen (secondary N) is 1. The molecule has 5 nitrogen and oxygen atoms in total. The van der Waals surface area contributed by atoms with Crippen LogP contribution in [0.2, 0.25) is 5.02 Å². The first kappa shape index (κ1) is 12.3. The predicted octanol–water partition coefficient (Wildman–Crippen LogP) is 1.32. The van der Waals surface area contributed by atoms with Crippen LogP contribution in [-0.4, -0.2) is 23.0 Å². The molecule has 6 heteroatoms. The third-order valence-corrected chi connectivity index (χ3v) is 2.32. The number of rotatable bonds is 4. The van der Waals surface area contributed by atoms with Crippen molar-refractivity contribution in [3.8, 4) is 0 Å². The highest BCUT2D eigenvalue weighted by Crippen LogP contribution is 2.23. The first-order chi connectivity index (χ1) is 7.41. The Bertz CT molecular complexity index is 434. The molecule has 0 saturated heterocycles. The molecular formula is C10H11ClN2O3. The van der Waals surface area contributed by atoms with Crippen molar-refractivity contribution in [3.05, 3.63) is 28.8 Å². The van der Waals surface area contributed by atoms with Gasteiger partial charge in [-0.25, -0.2) is 0 Å². The average Bonchev–Trinajstić information content (AvgIpc) is 2.20. The molecule has 0 aliphatic carbocycles. The van der Waals surface area contributed by atoms with Crippen molar-refractivity contribution in [3.63, 3.8) is 0 Å². The maximum atomic E-state index is 10.9. The largest absolute Gasteiger partial charge is 0.480 e. The van der Waals surface area contributed by atoms with Gasteiger partial charge in [0, 0.05) is 5.56 Å². The molecule has 0 bridgehead atoms. The zero-order valence-corrected chi connectivity index (χ0v) is 9.28. The van der Waals surface area contributed by atoms with Gasteiger partial charge >= 0.3 is 5.97 Å². The third-order valence-electron chi connectivity index (χ3n) is 1.99. The van der Waals surface area contributed by atoms with Gasteiger partial charge in [-0.05, 0) is 25.1 Å². The van der Waals surface area contributed by atoms with E-state index in [9.17, 15) is 9.59 Å².